The maximum absolute atomic E-state index is 12.9. The molecule has 2 aromatic rings. The number of carbonyl (C=O) groups excluding carboxylic acids is 1. The summed E-state index contributed by atoms with van der Waals surface area (Å²) < 4.78 is 0. The van der Waals surface area contributed by atoms with Gasteiger partial charge in [-0.2, -0.15) is 0 Å². The van der Waals surface area contributed by atoms with E-state index in [0.29, 0.717) is 16.3 Å². The van der Waals surface area contributed by atoms with E-state index in [9.17, 15) is 4.79 Å². The fourth-order valence-electron chi connectivity index (χ4n) is 3.44. The van der Waals surface area contributed by atoms with Crippen LogP contribution in [-0.4, -0.2) is 5.78 Å². The molecule has 0 radical (unpaired) electrons. The van der Waals surface area contributed by atoms with Crippen molar-refractivity contribution in [3.05, 3.63) is 51.4 Å². The summed E-state index contributed by atoms with van der Waals surface area (Å²) in [6.45, 7) is 8.94. The van der Waals surface area contributed by atoms with Crippen molar-refractivity contribution in [1.82, 2.24) is 0 Å². The number of anilines is 1. The van der Waals surface area contributed by atoms with Gasteiger partial charge in [0.15, 0.2) is 5.78 Å². The van der Waals surface area contributed by atoms with E-state index in [1.165, 1.54) is 10.4 Å². The number of aryl methyl sites for hydroxylation is 1. The van der Waals surface area contributed by atoms with E-state index in [1.807, 2.05) is 31.2 Å². The number of hydrogen-bond acceptors (Lipinski definition) is 3. The minimum absolute atomic E-state index is 0.0780. The summed E-state index contributed by atoms with van der Waals surface area (Å²) in [4.78, 5) is 14.2. The van der Waals surface area contributed by atoms with Crippen molar-refractivity contribution in [3.63, 3.8) is 0 Å². The molecule has 1 heterocycles. The first kappa shape index (κ1) is 16.3. The molecular weight excluding hydrogens is 302 g/mol. The molecule has 1 atom stereocenters. The van der Waals surface area contributed by atoms with Gasteiger partial charge in [0.05, 0.1) is 10.6 Å². The van der Waals surface area contributed by atoms with E-state index in [2.05, 4.69) is 20.8 Å². The molecular formula is C20H25NOS. The monoisotopic (exact) mass is 327 g/mol. The van der Waals surface area contributed by atoms with Crippen LogP contribution in [0.2, 0.25) is 0 Å². The van der Waals surface area contributed by atoms with Gasteiger partial charge < -0.3 is 5.73 Å². The summed E-state index contributed by atoms with van der Waals surface area (Å²) in [6.07, 6.45) is 3.16. The van der Waals surface area contributed by atoms with E-state index in [4.69, 9.17) is 5.73 Å². The van der Waals surface area contributed by atoms with Crippen LogP contribution >= 0.6 is 11.3 Å². The van der Waals surface area contributed by atoms with E-state index in [1.54, 1.807) is 11.3 Å². The molecule has 0 amide bonds. The van der Waals surface area contributed by atoms with E-state index in [0.717, 1.165) is 36.0 Å². The van der Waals surface area contributed by atoms with Gasteiger partial charge in [0.2, 0.25) is 0 Å². The zero-order valence-electron chi connectivity index (χ0n) is 14.4. The lowest BCUT2D eigenvalue weighted by Gasteiger charge is -2.33. The quantitative estimate of drug-likeness (QED) is 0.787. The molecule has 0 fully saturated rings. The van der Waals surface area contributed by atoms with Crippen LogP contribution in [0.3, 0.4) is 0 Å². The van der Waals surface area contributed by atoms with E-state index in [-0.39, 0.29) is 5.78 Å². The standard InChI is InChI=1S/C20H25NOS/c1-12-5-7-13(8-6-12)18(22)17-15-10-9-14(20(2,3)4)11-16(15)23-19(17)21/h5-8,14H,9-11,21H2,1-4H3/t14-/m0/s1. The van der Waals surface area contributed by atoms with Crippen molar-refractivity contribution >= 4 is 22.1 Å². The molecule has 0 unspecified atom stereocenters. The lowest BCUT2D eigenvalue weighted by atomic mass is 9.72. The van der Waals surface area contributed by atoms with Crippen LogP contribution in [0.4, 0.5) is 5.00 Å². The Bertz CT molecular complexity index is 734. The zero-order chi connectivity index (χ0) is 16.8. The Morgan fingerprint density at radius 1 is 1.22 bits per heavy atom. The van der Waals surface area contributed by atoms with Gasteiger partial charge in [-0.05, 0) is 43.1 Å². The molecule has 0 aliphatic heterocycles. The van der Waals surface area contributed by atoms with Crippen LogP contribution in [0, 0.1) is 18.3 Å². The average Bonchev–Trinajstić information content (AvgIpc) is 2.81. The smallest absolute Gasteiger partial charge is 0.196 e. The minimum Gasteiger partial charge on any atom is -0.390 e. The first-order valence-electron chi connectivity index (χ1n) is 8.28. The van der Waals surface area contributed by atoms with Crippen LogP contribution in [0.5, 0.6) is 0 Å². The number of nitrogen functional groups attached to an aromatic ring is 1. The van der Waals surface area contributed by atoms with Crippen molar-refractivity contribution in [2.45, 2.75) is 47.0 Å². The average molecular weight is 327 g/mol. The SMILES string of the molecule is Cc1ccc(C(=O)c2c(N)sc3c2CC[C@H](C(C)(C)C)C3)cc1. The third kappa shape index (κ3) is 3.07. The van der Waals surface area contributed by atoms with Gasteiger partial charge in [0, 0.05) is 10.4 Å². The number of rotatable bonds is 2. The second-order valence-corrected chi connectivity index (χ2v) is 8.88. The molecule has 3 rings (SSSR count). The molecule has 0 bridgehead atoms. The first-order valence-corrected chi connectivity index (χ1v) is 9.10. The summed E-state index contributed by atoms with van der Waals surface area (Å²) in [5.41, 5.74) is 10.4. The number of thiophene rings is 1. The van der Waals surface area contributed by atoms with Gasteiger partial charge in [-0.25, -0.2) is 0 Å². The molecule has 0 spiro atoms. The highest BCUT2D eigenvalue weighted by Crippen LogP contribution is 2.43. The second-order valence-electron chi connectivity index (χ2n) is 7.74. The summed E-state index contributed by atoms with van der Waals surface area (Å²) in [6, 6.07) is 7.78. The third-order valence-corrected chi connectivity index (χ3v) is 6.14. The lowest BCUT2D eigenvalue weighted by molar-refractivity contribution is 0.103. The number of ketones is 1. The van der Waals surface area contributed by atoms with E-state index < -0.39 is 0 Å². The lowest BCUT2D eigenvalue weighted by Crippen LogP contribution is -2.26. The molecule has 122 valence electrons. The molecule has 2 N–H and O–H groups in total. The molecule has 2 nitrogen and oxygen atoms in total. The van der Waals surface area contributed by atoms with Crippen LogP contribution in [0.1, 0.15) is 59.1 Å². The molecule has 1 aromatic carbocycles. The van der Waals surface area contributed by atoms with Gasteiger partial charge in [0.1, 0.15) is 0 Å². The van der Waals surface area contributed by atoms with Gasteiger partial charge >= 0.3 is 0 Å². The normalized spacial score (nSPS) is 17.8. The number of hydrogen-bond donors (Lipinski definition) is 1. The molecule has 1 aliphatic rings. The molecule has 3 heteroatoms. The summed E-state index contributed by atoms with van der Waals surface area (Å²) in [7, 11) is 0. The fourth-order valence-corrected chi connectivity index (χ4v) is 4.64. The summed E-state index contributed by atoms with van der Waals surface area (Å²) in [5.74, 6) is 0.740. The van der Waals surface area contributed by atoms with Crippen LogP contribution < -0.4 is 5.73 Å². The van der Waals surface area contributed by atoms with Gasteiger partial charge in [-0.1, -0.05) is 50.6 Å². The van der Waals surface area contributed by atoms with Crippen LogP contribution in [0.25, 0.3) is 0 Å². The Kier molecular flexibility index (Phi) is 4.09. The van der Waals surface area contributed by atoms with Crippen molar-refractivity contribution in [1.29, 1.82) is 0 Å². The molecule has 1 aromatic heterocycles. The third-order valence-electron chi connectivity index (χ3n) is 5.06. The largest absolute Gasteiger partial charge is 0.390 e. The predicted octanol–water partition coefficient (Wildman–Crippen LogP) is 5.02. The maximum atomic E-state index is 12.9. The topological polar surface area (TPSA) is 43.1 Å². The Morgan fingerprint density at radius 3 is 2.48 bits per heavy atom. The Balaban J connectivity index is 1.95. The number of carbonyl (C=O) groups is 1. The van der Waals surface area contributed by atoms with E-state index >= 15 is 0 Å². The Morgan fingerprint density at radius 2 is 1.87 bits per heavy atom. The maximum Gasteiger partial charge on any atom is 0.196 e. The van der Waals surface area contributed by atoms with Crippen molar-refractivity contribution in [3.8, 4) is 0 Å². The van der Waals surface area contributed by atoms with Crippen LogP contribution in [-0.2, 0) is 12.8 Å². The van der Waals surface area contributed by atoms with Gasteiger partial charge in [-0.15, -0.1) is 11.3 Å². The van der Waals surface area contributed by atoms with Gasteiger partial charge in [-0.3, -0.25) is 4.79 Å². The summed E-state index contributed by atoms with van der Waals surface area (Å²) >= 11 is 1.62. The number of fused-ring (bicyclic) bond motifs is 1. The highest BCUT2D eigenvalue weighted by molar-refractivity contribution is 7.16. The molecule has 1 aliphatic carbocycles. The van der Waals surface area contributed by atoms with Crippen LogP contribution in [0.15, 0.2) is 24.3 Å². The van der Waals surface area contributed by atoms with Gasteiger partial charge in [0.25, 0.3) is 0 Å². The fraction of sp³-hybridized carbons (Fsp3) is 0.450. The second kappa shape index (κ2) is 5.79. The number of nitrogens with two attached hydrogens (primary N) is 1. The first-order chi connectivity index (χ1) is 10.8. The minimum atomic E-state index is 0.0780. The molecule has 0 saturated heterocycles. The predicted molar refractivity (Wildman–Crippen MR) is 98.3 cm³/mol. The molecule has 0 saturated carbocycles. The molecule has 23 heavy (non-hydrogen) atoms. The summed E-state index contributed by atoms with van der Waals surface area (Å²) in [5, 5.41) is 0.690. The zero-order valence-corrected chi connectivity index (χ0v) is 15.2. The van der Waals surface area contributed by atoms with Crippen molar-refractivity contribution in [2.24, 2.45) is 11.3 Å². The van der Waals surface area contributed by atoms with Crippen molar-refractivity contribution < 1.29 is 4.79 Å². The highest BCUT2D eigenvalue weighted by Gasteiger charge is 2.33. The highest BCUT2D eigenvalue weighted by atomic mass is 32.1. The Labute approximate surface area is 142 Å². The van der Waals surface area contributed by atoms with Crippen molar-refractivity contribution in [2.75, 3.05) is 5.73 Å². The Hall–Kier alpha value is -1.61. The number of benzene rings is 1.